The number of benzene rings is 1. The fourth-order valence-corrected chi connectivity index (χ4v) is 4.15. The van der Waals surface area contributed by atoms with E-state index in [4.69, 9.17) is 9.47 Å². The Balaban J connectivity index is 2.06. The molecule has 0 saturated carbocycles. The van der Waals surface area contributed by atoms with Crippen molar-refractivity contribution in [1.82, 2.24) is 0 Å². The summed E-state index contributed by atoms with van der Waals surface area (Å²) in [5, 5.41) is 9.27. The van der Waals surface area contributed by atoms with Crippen LogP contribution in [0.1, 0.15) is 51.4 Å². The smallest absolute Gasteiger partial charge is 0.478 e. The Morgan fingerprint density at radius 2 is 1.79 bits per heavy atom. The van der Waals surface area contributed by atoms with Crippen molar-refractivity contribution in [3.05, 3.63) is 82.5 Å². The molecule has 1 aromatic carbocycles. The average molecular weight is 535 g/mol. The SMILES string of the molecule is COC1CC(C)=C(/C=C/C(C)=C/C=C/C(C)=C/C(=O)Oc2ccc(OC(F)(F)F)cc2C(=O)O)C(C)C1C. The van der Waals surface area contributed by atoms with Gasteiger partial charge in [-0.25, -0.2) is 9.59 Å². The van der Waals surface area contributed by atoms with Crippen molar-refractivity contribution >= 4 is 11.9 Å². The zero-order chi connectivity index (χ0) is 28.6. The molecule has 0 aliphatic heterocycles. The third-order valence-corrected chi connectivity index (χ3v) is 6.38. The summed E-state index contributed by atoms with van der Waals surface area (Å²) >= 11 is 0. The first-order valence-corrected chi connectivity index (χ1v) is 12.0. The highest BCUT2D eigenvalue weighted by Crippen LogP contribution is 2.36. The minimum Gasteiger partial charge on any atom is -0.478 e. The third-order valence-electron chi connectivity index (χ3n) is 6.38. The number of carbonyl (C=O) groups is 2. The minimum absolute atomic E-state index is 0.224. The lowest BCUT2D eigenvalue weighted by Gasteiger charge is -2.35. The van der Waals surface area contributed by atoms with E-state index in [2.05, 4.69) is 31.6 Å². The Morgan fingerprint density at radius 3 is 2.39 bits per heavy atom. The highest BCUT2D eigenvalue weighted by Gasteiger charge is 2.32. The molecule has 0 radical (unpaired) electrons. The van der Waals surface area contributed by atoms with Crippen molar-refractivity contribution in [1.29, 1.82) is 0 Å². The number of ether oxygens (including phenoxy) is 3. The molecule has 0 heterocycles. The molecule has 0 saturated heterocycles. The van der Waals surface area contributed by atoms with Gasteiger partial charge in [0.2, 0.25) is 0 Å². The van der Waals surface area contributed by atoms with Crippen LogP contribution >= 0.6 is 0 Å². The van der Waals surface area contributed by atoms with E-state index in [9.17, 15) is 27.9 Å². The van der Waals surface area contributed by atoms with Gasteiger partial charge in [0.15, 0.2) is 0 Å². The number of hydrogen-bond acceptors (Lipinski definition) is 5. The predicted octanol–water partition coefficient (Wildman–Crippen LogP) is 7.20. The van der Waals surface area contributed by atoms with Crippen LogP contribution in [0.25, 0.3) is 0 Å². The highest BCUT2D eigenvalue weighted by atomic mass is 19.4. The third kappa shape index (κ3) is 9.06. The van der Waals surface area contributed by atoms with Crippen molar-refractivity contribution in [2.24, 2.45) is 11.8 Å². The van der Waals surface area contributed by atoms with Crippen LogP contribution in [0, 0.1) is 11.8 Å². The Kier molecular flexibility index (Phi) is 10.7. The fraction of sp³-hybridized carbons (Fsp3) is 0.379. The lowest BCUT2D eigenvalue weighted by atomic mass is 9.75. The molecule has 206 valence electrons. The molecular formula is C29H33F3O6. The van der Waals surface area contributed by atoms with E-state index >= 15 is 0 Å². The topological polar surface area (TPSA) is 82.1 Å². The molecule has 3 unspecified atom stereocenters. The van der Waals surface area contributed by atoms with Gasteiger partial charge in [-0.2, -0.15) is 0 Å². The van der Waals surface area contributed by atoms with Crippen LogP contribution in [0.15, 0.2) is 76.9 Å². The average Bonchev–Trinajstić information content (AvgIpc) is 2.81. The van der Waals surface area contributed by atoms with Gasteiger partial charge in [-0.3, -0.25) is 0 Å². The van der Waals surface area contributed by atoms with E-state index in [1.54, 1.807) is 26.2 Å². The molecule has 0 fully saturated rings. The molecule has 0 spiro atoms. The number of hydrogen-bond donors (Lipinski definition) is 1. The number of carbonyl (C=O) groups excluding carboxylic acids is 1. The normalized spacial score (nSPS) is 21.3. The zero-order valence-electron chi connectivity index (χ0n) is 22.3. The van der Waals surface area contributed by atoms with Gasteiger partial charge in [0.05, 0.1) is 6.10 Å². The van der Waals surface area contributed by atoms with E-state index in [1.165, 1.54) is 11.1 Å². The van der Waals surface area contributed by atoms with E-state index < -0.39 is 35.4 Å². The van der Waals surface area contributed by atoms with Crippen LogP contribution in [-0.2, 0) is 9.53 Å². The molecule has 1 N–H and O–H groups in total. The molecule has 0 bridgehead atoms. The Bertz CT molecular complexity index is 1190. The molecule has 0 aromatic heterocycles. The summed E-state index contributed by atoms with van der Waals surface area (Å²) in [5.41, 5.74) is 3.50. The number of allylic oxidation sites excluding steroid dienone is 8. The number of carboxylic acid groups (broad SMARTS) is 1. The second-order valence-electron chi connectivity index (χ2n) is 9.29. The van der Waals surface area contributed by atoms with E-state index in [0.717, 1.165) is 30.2 Å². The number of esters is 1. The standard InChI is InChI=1S/C29H33F3O6/c1-17(10-12-23-19(3)15-26(36-6)21(5)20(23)4)8-7-9-18(2)14-27(33)37-25-13-11-22(38-29(30,31)32)16-24(25)28(34)35/h7-14,16,20-21,26H,15H2,1-6H3,(H,34,35)/b9-7+,12-10+,17-8+,18-14+. The summed E-state index contributed by atoms with van der Waals surface area (Å²) < 4.78 is 51.5. The maximum atomic E-state index is 12.4. The monoisotopic (exact) mass is 534 g/mol. The summed E-state index contributed by atoms with van der Waals surface area (Å²) in [5.74, 6) is -2.80. The lowest BCUT2D eigenvalue weighted by Crippen LogP contribution is -2.31. The predicted molar refractivity (Wildman–Crippen MR) is 138 cm³/mol. The molecule has 2 rings (SSSR count). The van der Waals surface area contributed by atoms with Gasteiger partial charge in [-0.15, -0.1) is 13.2 Å². The van der Waals surface area contributed by atoms with Crippen LogP contribution in [-0.4, -0.2) is 36.6 Å². The van der Waals surface area contributed by atoms with Gasteiger partial charge in [-0.1, -0.05) is 55.4 Å². The quantitative estimate of drug-likeness (QED) is 0.156. The second kappa shape index (κ2) is 13.3. The van der Waals surface area contributed by atoms with E-state index in [1.807, 2.05) is 19.1 Å². The summed E-state index contributed by atoms with van der Waals surface area (Å²) in [6, 6.07) is 2.43. The minimum atomic E-state index is -4.99. The first-order valence-electron chi connectivity index (χ1n) is 12.0. The number of aromatic carboxylic acids is 1. The maximum absolute atomic E-state index is 12.4. The van der Waals surface area contributed by atoms with Crippen molar-refractivity contribution in [3.63, 3.8) is 0 Å². The lowest BCUT2D eigenvalue weighted by molar-refractivity contribution is -0.274. The van der Waals surface area contributed by atoms with Gasteiger partial charge in [-0.05, 0) is 68.4 Å². The summed E-state index contributed by atoms with van der Waals surface area (Å²) in [4.78, 5) is 23.6. The summed E-state index contributed by atoms with van der Waals surface area (Å²) in [6.07, 6.45) is 6.78. The largest absolute Gasteiger partial charge is 0.573 e. The number of methoxy groups -OCH3 is 1. The Morgan fingerprint density at radius 1 is 1.11 bits per heavy atom. The van der Waals surface area contributed by atoms with E-state index in [-0.39, 0.29) is 6.10 Å². The molecule has 1 aliphatic rings. The van der Waals surface area contributed by atoms with Gasteiger partial charge >= 0.3 is 18.3 Å². The van der Waals surface area contributed by atoms with Gasteiger partial charge < -0.3 is 19.3 Å². The second-order valence-corrected chi connectivity index (χ2v) is 9.29. The summed E-state index contributed by atoms with van der Waals surface area (Å²) in [7, 11) is 1.75. The van der Waals surface area contributed by atoms with Gasteiger partial charge in [0.1, 0.15) is 17.1 Å². The molecule has 1 aromatic rings. The molecule has 0 amide bonds. The molecule has 9 heteroatoms. The van der Waals surface area contributed by atoms with E-state index in [0.29, 0.717) is 23.5 Å². The van der Waals surface area contributed by atoms with Gasteiger partial charge in [0, 0.05) is 13.2 Å². The summed E-state index contributed by atoms with van der Waals surface area (Å²) in [6.45, 7) is 10.1. The van der Waals surface area contributed by atoms with Crippen molar-refractivity contribution in [2.75, 3.05) is 7.11 Å². The maximum Gasteiger partial charge on any atom is 0.573 e. The number of rotatable bonds is 9. The van der Waals surface area contributed by atoms with Crippen molar-refractivity contribution in [3.8, 4) is 11.5 Å². The Hall–Kier alpha value is -3.59. The number of halogens is 3. The van der Waals surface area contributed by atoms with Gasteiger partial charge in [0.25, 0.3) is 0 Å². The van der Waals surface area contributed by atoms with Crippen molar-refractivity contribution in [2.45, 2.75) is 53.5 Å². The Labute approximate surface area is 220 Å². The first kappa shape index (κ1) is 30.6. The van der Waals surface area contributed by atoms with Crippen LogP contribution in [0.3, 0.4) is 0 Å². The van der Waals surface area contributed by atoms with Crippen molar-refractivity contribution < 1.29 is 42.1 Å². The molecule has 38 heavy (non-hydrogen) atoms. The number of carboxylic acids is 1. The zero-order valence-corrected chi connectivity index (χ0v) is 22.3. The van der Waals surface area contributed by atoms with Crippen LogP contribution in [0.2, 0.25) is 0 Å². The van der Waals surface area contributed by atoms with Crippen LogP contribution in [0.5, 0.6) is 11.5 Å². The molecule has 1 aliphatic carbocycles. The van der Waals surface area contributed by atoms with Crippen LogP contribution < -0.4 is 9.47 Å². The molecule has 3 atom stereocenters. The first-order chi connectivity index (χ1) is 17.7. The molecular weight excluding hydrogens is 501 g/mol. The highest BCUT2D eigenvalue weighted by molar-refractivity contribution is 5.94. The molecule has 6 nitrogen and oxygen atoms in total. The number of alkyl halides is 3. The fourth-order valence-electron chi connectivity index (χ4n) is 4.15. The van der Waals surface area contributed by atoms with Crippen LogP contribution in [0.4, 0.5) is 13.2 Å².